The lowest BCUT2D eigenvalue weighted by molar-refractivity contribution is -0.148. The van der Waals surface area contributed by atoms with E-state index >= 15 is 0 Å². The van der Waals surface area contributed by atoms with Gasteiger partial charge in [0.25, 0.3) is 0 Å². The first-order valence-corrected chi connectivity index (χ1v) is 12.3. The van der Waals surface area contributed by atoms with E-state index in [2.05, 4.69) is 13.8 Å². The van der Waals surface area contributed by atoms with E-state index < -0.39 is 11.9 Å². The Hall–Kier alpha value is -1.92. The molecule has 0 unspecified atom stereocenters. The number of carboxylic acid groups (broad SMARTS) is 1. The van der Waals surface area contributed by atoms with Gasteiger partial charge in [-0.25, -0.2) is 9.59 Å². The Morgan fingerprint density at radius 2 is 1.28 bits per heavy atom. The summed E-state index contributed by atoms with van der Waals surface area (Å²) in [6.45, 7) is 5.96. The minimum atomic E-state index is -1.14. The molecule has 0 aliphatic carbocycles. The number of ether oxygens (including phenoxy) is 3. The molecule has 1 N–H and O–H groups in total. The molecule has 0 aromatic heterocycles. The molecule has 1 aromatic carbocycles. The molecule has 0 heterocycles. The van der Waals surface area contributed by atoms with Crippen LogP contribution < -0.4 is 0 Å². The van der Waals surface area contributed by atoms with E-state index in [-0.39, 0.29) is 24.0 Å². The summed E-state index contributed by atoms with van der Waals surface area (Å²) in [7, 11) is 0. The molecule has 0 amide bonds. The number of esters is 1. The molecular formula is C26H42O6. The third-order valence-corrected chi connectivity index (χ3v) is 5.30. The first-order valence-electron chi connectivity index (χ1n) is 12.3. The molecule has 0 aliphatic heterocycles. The number of hydrogen-bond donors (Lipinski definition) is 1. The number of hydrogen-bond acceptors (Lipinski definition) is 5. The minimum Gasteiger partial charge on any atom is -0.478 e. The summed E-state index contributed by atoms with van der Waals surface area (Å²) in [5.74, 6) is -1.76. The summed E-state index contributed by atoms with van der Waals surface area (Å²) in [4.78, 5) is 23.5. The molecule has 182 valence electrons. The Balaban J connectivity index is 2.38. The monoisotopic (exact) mass is 450 g/mol. The molecule has 6 heteroatoms. The predicted molar refractivity (Wildman–Crippen MR) is 126 cm³/mol. The Morgan fingerprint density at radius 3 is 1.81 bits per heavy atom. The summed E-state index contributed by atoms with van der Waals surface area (Å²) in [5.41, 5.74) is 0.0244. The summed E-state index contributed by atoms with van der Waals surface area (Å²) >= 11 is 0. The van der Waals surface area contributed by atoms with Crippen LogP contribution in [0.5, 0.6) is 0 Å². The van der Waals surface area contributed by atoms with Gasteiger partial charge < -0.3 is 19.3 Å². The van der Waals surface area contributed by atoms with Gasteiger partial charge in [-0.15, -0.1) is 0 Å². The van der Waals surface area contributed by atoms with Gasteiger partial charge in [-0.05, 0) is 31.4 Å². The van der Waals surface area contributed by atoms with Crippen molar-refractivity contribution in [3.8, 4) is 0 Å². The van der Waals surface area contributed by atoms with Crippen LogP contribution in [0.4, 0.5) is 0 Å². The van der Waals surface area contributed by atoms with Crippen molar-refractivity contribution in [1.29, 1.82) is 0 Å². The van der Waals surface area contributed by atoms with Gasteiger partial charge in [0.2, 0.25) is 0 Å². The van der Waals surface area contributed by atoms with E-state index in [9.17, 15) is 14.7 Å². The van der Waals surface area contributed by atoms with Gasteiger partial charge in [-0.1, -0.05) is 77.3 Å². The van der Waals surface area contributed by atoms with Crippen LogP contribution in [0.3, 0.4) is 0 Å². The maximum absolute atomic E-state index is 12.3. The van der Waals surface area contributed by atoms with E-state index in [1.165, 1.54) is 50.7 Å². The zero-order valence-corrected chi connectivity index (χ0v) is 20.0. The van der Waals surface area contributed by atoms with Gasteiger partial charge in [-0.3, -0.25) is 0 Å². The molecule has 0 radical (unpaired) electrons. The summed E-state index contributed by atoms with van der Waals surface area (Å²) in [6.07, 6.45) is 12.7. The van der Waals surface area contributed by atoms with Crippen LogP contribution in [0.15, 0.2) is 24.3 Å². The Kier molecular flexibility index (Phi) is 16.4. The second-order valence-electron chi connectivity index (χ2n) is 8.13. The maximum atomic E-state index is 12.3. The molecule has 1 aromatic rings. The molecule has 0 bridgehead atoms. The zero-order chi connectivity index (χ0) is 23.4. The average molecular weight is 451 g/mol. The van der Waals surface area contributed by atoms with Crippen molar-refractivity contribution in [2.45, 2.75) is 97.2 Å². The Labute approximate surface area is 193 Å². The highest BCUT2D eigenvalue weighted by Gasteiger charge is 2.17. The van der Waals surface area contributed by atoms with Gasteiger partial charge >= 0.3 is 11.9 Å². The van der Waals surface area contributed by atoms with Crippen LogP contribution in [0.25, 0.3) is 0 Å². The van der Waals surface area contributed by atoms with Crippen LogP contribution in [0, 0.1) is 0 Å². The standard InChI is InChI=1S/C26H42O6/c1-3-5-7-9-13-19-30-24(31-20-14-10-8-6-4-2)18-15-21-32-26(29)23-17-12-11-16-22(23)25(27)28/h11-12,16-17,24H,3-10,13-15,18-21H2,1-2H3,(H,27,28). The van der Waals surface area contributed by atoms with E-state index in [0.29, 0.717) is 26.1 Å². The topological polar surface area (TPSA) is 82.1 Å². The van der Waals surface area contributed by atoms with Gasteiger partial charge in [0.1, 0.15) is 0 Å². The van der Waals surface area contributed by atoms with Crippen LogP contribution in [-0.2, 0) is 14.2 Å². The molecule has 32 heavy (non-hydrogen) atoms. The van der Waals surface area contributed by atoms with Crippen molar-refractivity contribution in [3.05, 3.63) is 35.4 Å². The van der Waals surface area contributed by atoms with Crippen LogP contribution >= 0.6 is 0 Å². The second-order valence-corrected chi connectivity index (χ2v) is 8.13. The molecular weight excluding hydrogens is 408 g/mol. The van der Waals surface area contributed by atoms with Crippen molar-refractivity contribution < 1.29 is 28.9 Å². The summed E-state index contributed by atoms with van der Waals surface area (Å²) in [5, 5.41) is 9.22. The number of carbonyl (C=O) groups excluding carboxylic acids is 1. The van der Waals surface area contributed by atoms with Crippen molar-refractivity contribution >= 4 is 11.9 Å². The average Bonchev–Trinajstić information content (AvgIpc) is 2.80. The highest BCUT2D eigenvalue weighted by Crippen LogP contribution is 2.13. The fourth-order valence-electron chi connectivity index (χ4n) is 3.40. The van der Waals surface area contributed by atoms with Gasteiger partial charge in [-0.2, -0.15) is 0 Å². The summed E-state index contributed by atoms with van der Waals surface area (Å²) in [6, 6.07) is 6.08. The number of rotatable bonds is 20. The summed E-state index contributed by atoms with van der Waals surface area (Å²) < 4.78 is 17.2. The lowest BCUT2D eigenvalue weighted by Gasteiger charge is -2.19. The zero-order valence-electron chi connectivity index (χ0n) is 20.0. The first-order chi connectivity index (χ1) is 15.6. The number of unbranched alkanes of at least 4 members (excludes halogenated alkanes) is 8. The number of aromatic carboxylic acids is 1. The number of benzene rings is 1. The second kappa shape index (κ2) is 18.6. The van der Waals surface area contributed by atoms with Gasteiger partial charge in [0.15, 0.2) is 6.29 Å². The smallest absolute Gasteiger partial charge is 0.339 e. The highest BCUT2D eigenvalue weighted by molar-refractivity contribution is 6.02. The van der Waals surface area contributed by atoms with E-state index in [4.69, 9.17) is 14.2 Å². The third kappa shape index (κ3) is 12.8. The van der Waals surface area contributed by atoms with Crippen molar-refractivity contribution in [3.63, 3.8) is 0 Å². The van der Waals surface area contributed by atoms with Crippen molar-refractivity contribution in [2.75, 3.05) is 19.8 Å². The maximum Gasteiger partial charge on any atom is 0.339 e. The van der Waals surface area contributed by atoms with Gasteiger partial charge in [0.05, 0.1) is 17.7 Å². The number of carboxylic acids is 1. The lowest BCUT2D eigenvalue weighted by atomic mass is 10.1. The Bertz CT molecular complexity index is 614. The van der Waals surface area contributed by atoms with Crippen LogP contribution in [0.2, 0.25) is 0 Å². The quantitative estimate of drug-likeness (QED) is 0.136. The van der Waals surface area contributed by atoms with Crippen LogP contribution in [0.1, 0.15) is 112 Å². The predicted octanol–water partition coefficient (Wildman–Crippen LogP) is 6.62. The largest absolute Gasteiger partial charge is 0.478 e. The SMILES string of the molecule is CCCCCCCOC(CCCOC(=O)c1ccccc1C(=O)O)OCCCCCCC. The normalized spacial score (nSPS) is 11.1. The molecule has 0 fully saturated rings. The molecule has 1 rings (SSSR count). The molecule has 0 saturated carbocycles. The van der Waals surface area contributed by atoms with Crippen molar-refractivity contribution in [1.82, 2.24) is 0 Å². The molecule has 6 nitrogen and oxygen atoms in total. The van der Waals surface area contributed by atoms with Crippen molar-refractivity contribution in [2.24, 2.45) is 0 Å². The minimum absolute atomic E-state index is 0.0480. The van der Waals surface area contributed by atoms with Gasteiger partial charge in [0, 0.05) is 19.6 Å². The molecule has 0 aliphatic rings. The fraction of sp³-hybridized carbons (Fsp3) is 0.692. The Morgan fingerprint density at radius 1 is 0.750 bits per heavy atom. The molecule has 0 spiro atoms. The highest BCUT2D eigenvalue weighted by atomic mass is 16.7. The van der Waals surface area contributed by atoms with E-state index in [0.717, 1.165) is 25.7 Å². The lowest BCUT2D eigenvalue weighted by Crippen LogP contribution is -2.20. The molecule has 0 saturated heterocycles. The van der Waals surface area contributed by atoms with Crippen LogP contribution in [-0.4, -0.2) is 43.2 Å². The van der Waals surface area contributed by atoms with E-state index in [1.54, 1.807) is 12.1 Å². The van der Waals surface area contributed by atoms with E-state index in [1.807, 2.05) is 0 Å². The first kappa shape index (κ1) is 28.1. The fourth-order valence-corrected chi connectivity index (χ4v) is 3.40. The third-order valence-electron chi connectivity index (χ3n) is 5.30. The number of carbonyl (C=O) groups is 2. The molecule has 0 atom stereocenters.